The second-order valence-corrected chi connectivity index (χ2v) is 8.46. The summed E-state index contributed by atoms with van der Waals surface area (Å²) in [5, 5.41) is 1.52. The first-order valence-electron chi connectivity index (χ1n) is 7.86. The first-order valence-corrected chi connectivity index (χ1v) is 9.36. The molecule has 2 unspecified atom stereocenters. The van der Waals surface area contributed by atoms with Gasteiger partial charge in [0.1, 0.15) is 5.25 Å². The highest BCUT2D eigenvalue weighted by atomic mass is 32.2. The van der Waals surface area contributed by atoms with Gasteiger partial charge >= 0.3 is 6.18 Å². The summed E-state index contributed by atoms with van der Waals surface area (Å²) in [6.07, 6.45) is -4.53. The van der Waals surface area contributed by atoms with Crippen LogP contribution in [0.5, 0.6) is 0 Å². The Morgan fingerprint density at radius 2 is 1.81 bits per heavy atom. The van der Waals surface area contributed by atoms with E-state index in [1.807, 2.05) is 0 Å². The molecule has 0 aliphatic carbocycles. The first-order chi connectivity index (χ1) is 11.9. The van der Waals surface area contributed by atoms with Crippen molar-refractivity contribution in [1.82, 2.24) is 15.2 Å². The molecule has 1 heterocycles. The number of carbonyl (C=O) groups excluding carboxylic acids is 1. The summed E-state index contributed by atoms with van der Waals surface area (Å²) in [5.41, 5.74) is 4.71. The molecule has 1 aliphatic rings. The van der Waals surface area contributed by atoms with E-state index in [4.69, 9.17) is 0 Å². The Balaban J connectivity index is 2.06. The summed E-state index contributed by atoms with van der Waals surface area (Å²) in [4.78, 5) is 12.1. The lowest BCUT2D eigenvalue weighted by Crippen LogP contribution is -2.47. The van der Waals surface area contributed by atoms with E-state index in [9.17, 15) is 26.4 Å². The molecule has 1 saturated heterocycles. The number of amides is 1. The Morgan fingerprint density at radius 3 is 2.35 bits per heavy atom. The van der Waals surface area contributed by atoms with Gasteiger partial charge in [-0.25, -0.2) is 8.42 Å². The number of rotatable bonds is 5. The second kappa shape index (κ2) is 7.51. The van der Waals surface area contributed by atoms with Crippen LogP contribution in [0.1, 0.15) is 19.4 Å². The van der Waals surface area contributed by atoms with Crippen LogP contribution >= 0.6 is 0 Å². The number of anilines is 1. The lowest BCUT2D eigenvalue weighted by atomic mass is 10.2. The molecule has 26 heavy (non-hydrogen) atoms. The first kappa shape index (κ1) is 20.6. The van der Waals surface area contributed by atoms with Crippen molar-refractivity contribution >= 4 is 21.6 Å². The third-order valence-electron chi connectivity index (χ3n) is 4.14. The SMILES string of the molecule is CC1NNC(C)C1S(=O)(=O)N(C)CC(=O)Nc1cccc(C(F)(F)F)c1. The smallest absolute Gasteiger partial charge is 0.325 e. The van der Waals surface area contributed by atoms with Crippen molar-refractivity contribution < 1.29 is 26.4 Å². The average Bonchev–Trinajstić information content (AvgIpc) is 2.86. The lowest BCUT2D eigenvalue weighted by molar-refractivity contribution is -0.137. The monoisotopic (exact) mass is 394 g/mol. The summed E-state index contributed by atoms with van der Waals surface area (Å²) in [5.74, 6) is -0.727. The number of hydrazine groups is 1. The van der Waals surface area contributed by atoms with Crippen LogP contribution in [-0.4, -0.2) is 49.6 Å². The van der Waals surface area contributed by atoms with Gasteiger partial charge in [0.15, 0.2) is 0 Å². The third kappa shape index (κ3) is 4.53. The van der Waals surface area contributed by atoms with Gasteiger partial charge in [-0.2, -0.15) is 17.5 Å². The zero-order chi connectivity index (χ0) is 19.7. The van der Waals surface area contributed by atoms with E-state index in [0.717, 1.165) is 22.5 Å². The van der Waals surface area contributed by atoms with E-state index in [2.05, 4.69) is 16.2 Å². The number of nitrogens with one attached hydrogen (secondary N) is 3. The number of hydrogen-bond donors (Lipinski definition) is 3. The molecule has 1 amide bonds. The number of alkyl halides is 3. The van der Waals surface area contributed by atoms with Crippen LogP contribution in [-0.2, 0) is 21.0 Å². The predicted molar refractivity (Wildman–Crippen MR) is 90.6 cm³/mol. The molecule has 7 nitrogen and oxygen atoms in total. The van der Waals surface area contributed by atoms with Crippen molar-refractivity contribution in [2.75, 3.05) is 18.9 Å². The molecule has 2 rings (SSSR count). The molecular weight excluding hydrogens is 373 g/mol. The largest absolute Gasteiger partial charge is 0.416 e. The Hall–Kier alpha value is -1.69. The number of hydrogen-bond acceptors (Lipinski definition) is 5. The number of halogens is 3. The second-order valence-electron chi connectivity index (χ2n) is 6.26. The molecular formula is C15H21F3N4O3S. The van der Waals surface area contributed by atoms with E-state index < -0.39 is 39.5 Å². The van der Waals surface area contributed by atoms with E-state index >= 15 is 0 Å². The van der Waals surface area contributed by atoms with Crippen LogP contribution in [0.3, 0.4) is 0 Å². The maximum Gasteiger partial charge on any atom is 0.416 e. The van der Waals surface area contributed by atoms with Gasteiger partial charge in [0.25, 0.3) is 0 Å². The van der Waals surface area contributed by atoms with Gasteiger partial charge in [-0.3, -0.25) is 15.6 Å². The topological polar surface area (TPSA) is 90.5 Å². The number of likely N-dealkylation sites (N-methyl/N-ethyl adjacent to an activating group) is 1. The van der Waals surface area contributed by atoms with Gasteiger partial charge < -0.3 is 5.32 Å². The molecule has 0 radical (unpaired) electrons. The van der Waals surface area contributed by atoms with Crippen LogP contribution in [0, 0.1) is 0 Å². The number of carbonyl (C=O) groups is 1. The van der Waals surface area contributed by atoms with Crippen molar-refractivity contribution in [3.8, 4) is 0 Å². The van der Waals surface area contributed by atoms with E-state index in [1.54, 1.807) is 13.8 Å². The van der Waals surface area contributed by atoms with Crippen LogP contribution in [0.2, 0.25) is 0 Å². The Bertz CT molecular complexity index is 760. The normalized spacial score (nSPS) is 24.0. The van der Waals surface area contributed by atoms with Crippen LogP contribution in [0.4, 0.5) is 18.9 Å². The fraction of sp³-hybridized carbons (Fsp3) is 0.533. The van der Waals surface area contributed by atoms with Crippen molar-refractivity contribution in [2.45, 2.75) is 37.4 Å². The van der Waals surface area contributed by atoms with Gasteiger partial charge in [0.05, 0.1) is 12.1 Å². The molecule has 1 fully saturated rings. The van der Waals surface area contributed by atoms with Gasteiger partial charge in [0.2, 0.25) is 15.9 Å². The molecule has 146 valence electrons. The van der Waals surface area contributed by atoms with Crippen molar-refractivity contribution in [2.24, 2.45) is 0 Å². The van der Waals surface area contributed by atoms with Crippen molar-refractivity contribution in [3.63, 3.8) is 0 Å². The summed E-state index contributed by atoms with van der Waals surface area (Å²) < 4.78 is 64.3. The van der Waals surface area contributed by atoms with Crippen molar-refractivity contribution in [3.05, 3.63) is 29.8 Å². The fourth-order valence-electron chi connectivity index (χ4n) is 2.85. The number of nitrogens with zero attached hydrogens (tertiary/aromatic N) is 1. The quantitative estimate of drug-likeness (QED) is 0.697. The fourth-order valence-corrected chi connectivity index (χ4v) is 4.73. The zero-order valence-corrected chi connectivity index (χ0v) is 15.3. The molecule has 1 aromatic carbocycles. The van der Waals surface area contributed by atoms with Gasteiger partial charge in [0, 0.05) is 24.8 Å². The molecule has 0 spiro atoms. The maximum absolute atomic E-state index is 12.7. The zero-order valence-electron chi connectivity index (χ0n) is 14.5. The molecule has 2 atom stereocenters. The molecule has 0 bridgehead atoms. The molecule has 0 aromatic heterocycles. The Labute approximate surface area is 150 Å². The lowest BCUT2D eigenvalue weighted by Gasteiger charge is -2.25. The Kier molecular flexibility index (Phi) is 5.95. The highest BCUT2D eigenvalue weighted by Gasteiger charge is 2.42. The highest BCUT2D eigenvalue weighted by molar-refractivity contribution is 7.89. The van der Waals surface area contributed by atoms with E-state index in [0.29, 0.717) is 0 Å². The molecule has 11 heteroatoms. The highest BCUT2D eigenvalue weighted by Crippen LogP contribution is 2.30. The summed E-state index contributed by atoms with van der Waals surface area (Å²) >= 11 is 0. The van der Waals surface area contributed by atoms with Gasteiger partial charge in [-0.15, -0.1) is 0 Å². The number of benzene rings is 1. The molecule has 0 saturated carbocycles. The van der Waals surface area contributed by atoms with Crippen LogP contribution < -0.4 is 16.2 Å². The van der Waals surface area contributed by atoms with Gasteiger partial charge in [-0.05, 0) is 32.0 Å². The Morgan fingerprint density at radius 1 is 1.23 bits per heavy atom. The van der Waals surface area contributed by atoms with Crippen LogP contribution in [0.15, 0.2) is 24.3 Å². The minimum atomic E-state index is -4.53. The maximum atomic E-state index is 12.7. The predicted octanol–water partition coefficient (Wildman–Crippen LogP) is 1.16. The molecule has 3 N–H and O–H groups in total. The minimum absolute atomic E-state index is 0.0541. The van der Waals surface area contributed by atoms with Gasteiger partial charge in [-0.1, -0.05) is 6.07 Å². The molecule has 1 aromatic rings. The number of sulfonamides is 1. The molecule has 1 aliphatic heterocycles. The van der Waals surface area contributed by atoms with E-state index in [1.165, 1.54) is 13.1 Å². The average molecular weight is 394 g/mol. The van der Waals surface area contributed by atoms with E-state index in [-0.39, 0.29) is 17.8 Å². The summed E-state index contributed by atoms with van der Waals surface area (Å²) in [6, 6.07) is 3.43. The minimum Gasteiger partial charge on any atom is -0.325 e. The summed E-state index contributed by atoms with van der Waals surface area (Å²) in [7, 11) is -2.53. The standard InChI is InChI=1S/C15H21F3N4O3S/c1-9-14(10(2)21-20-9)26(24,25)22(3)8-13(23)19-12-6-4-5-11(7-12)15(16,17)18/h4-7,9-10,14,20-21H,8H2,1-3H3,(H,19,23). The van der Waals surface area contributed by atoms with Crippen LogP contribution in [0.25, 0.3) is 0 Å². The summed E-state index contributed by atoms with van der Waals surface area (Å²) in [6.45, 7) is 2.90. The third-order valence-corrected chi connectivity index (χ3v) is 6.64. The van der Waals surface area contributed by atoms with Crippen molar-refractivity contribution in [1.29, 1.82) is 0 Å².